The van der Waals surface area contributed by atoms with Gasteiger partial charge in [-0.1, -0.05) is 0 Å². The van der Waals surface area contributed by atoms with Crippen molar-refractivity contribution in [1.29, 1.82) is 0 Å². The van der Waals surface area contributed by atoms with Gasteiger partial charge in [0.15, 0.2) is 8.45 Å². The maximum Gasteiger partial charge on any atom is 0.181 e. The first-order valence-electron chi connectivity index (χ1n) is 1.94. The fraction of sp³-hybridized carbons (Fsp3) is 1.00. The minimum absolute atomic E-state index is 0.804. The van der Waals surface area contributed by atoms with E-state index in [1.165, 1.54) is 0 Å². The summed E-state index contributed by atoms with van der Waals surface area (Å²) in [5.74, 6) is 0. The van der Waals surface area contributed by atoms with Crippen LogP contribution in [0.15, 0.2) is 0 Å². The molecule has 0 fully saturated rings. The monoisotopic (exact) mass is 122 g/mol. The highest BCUT2D eigenvalue weighted by Gasteiger charge is 1.99. The van der Waals surface area contributed by atoms with E-state index in [0.717, 1.165) is 0 Å². The summed E-state index contributed by atoms with van der Waals surface area (Å²) in [5, 5.41) is 0. The molecule has 7 heavy (non-hydrogen) atoms. The average molecular weight is 122 g/mol. The molecule has 44 valence electrons. The first kappa shape index (κ1) is 7.31. The van der Waals surface area contributed by atoms with Crippen LogP contribution in [0.25, 0.3) is 0 Å². The van der Waals surface area contributed by atoms with E-state index >= 15 is 0 Å². The Balaban J connectivity index is 3.14. The quantitative estimate of drug-likeness (QED) is 0.538. The van der Waals surface area contributed by atoms with Gasteiger partial charge in [-0.3, -0.25) is 10.2 Å². The molecule has 0 aromatic heterocycles. The van der Waals surface area contributed by atoms with Crippen molar-refractivity contribution in [3.05, 3.63) is 0 Å². The molecule has 3 nitrogen and oxygen atoms in total. The van der Waals surface area contributed by atoms with Crippen molar-refractivity contribution in [3.63, 3.8) is 0 Å². The summed E-state index contributed by atoms with van der Waals surface area (Å²) in [5.41, 5.74) is 5.38. The van der Waals surface area contributed by atoms with Crippen molar-refractivity contribution in [1.82, 2.24) is 4.67 Å². The van der Waals surface area contributed by atoms with Crippen molar-refractivity contribution >= 4 is 8.45 Å². The first-order valence-corrected chi connectivity index (χ1v) is 3.22. The molecule has 0 rings (SSSR count). The number of nitrogens with zero attached hydrogens (tertiary/aromatic N) is 1. The van der Waals surface area contributed by atoms with E-state index < -0.39 is 8.45 Å². The lowest BCUT2D eigenvalue weighted by atomic mass is 11.3. The van der Waals surface area contributed by atoms with E-state index in [-0.39, 0.29) is 0 Å². The molecule has 0 bridgehead atoms. The molecule has 0 aliphatic heterocycles. The zero-order valence-electron chi connectivity index (χ0n) is 4.88. The van der Waals surface area contributed by atoms with Crippen LogP contribution >= 0.6 is 8.45 Å². The smallest absolute Gasteiger partial charge is 0.181 e. The Hall–Kier alpha value is 0.310. The van der Waals surface area contributed by atoms with E-state index in [9.17, 15) is 0 Å². The van der Waals surface area contributed by atoms with E-state index in [1.54, 1.807) is 7.11 Å². The number of nitrogens with two attached hydrogens (primary N) is 1. The van der Waals surface area contributed by atoms with Crippen LogP contribution in [0.1, 0.15) is 0 Å². The van der Waals surface area contributed by atoms with Gasteiger partial charge in [0.2, 0.25) is 0 Å². The Bertz CT molecular complexity index is 50.2. The van der Waals surface area contributed by atoms with E-state index in [1.807, 2.05) is 18.8 Å². The molecule has 0 spiro atoms. The van der Waals surface area contributed by atoms with E-state index in [2.05, 4.69) is 0 Å². The van der Waals surface area contributed by atoms with Crippen LogP contribution in [0.4, 0.5) is 0 Å². The molecule has 0 aliphatic carbocycles. The zero-order valence-corrected chi connectivity index (χ0v) is 5.77. The third-order valence-corrected chi connectivity index (χ3v) is 1.74. The minimum Gasteiger partial charge on any atom is -0.335 e. The second-order valence-electron chi connectivity index (χ2n) is 1.33. The highest BCUT2D eigenvalue weighted by molar-refractivity contribution is 7.47. The van der Waals surface area contributed by atoms with E-state index in [0.29, 0.717) is 0 Å². The van der Waals surface area contributed by atoms with Gasteiger partial charge in [0.25, 0.3) is 0 Å². The number of hydrogen-bond acceptors (Lipinski definition) is 3. The minimum atomic E-state index is -0.804. The number of hydrogen-bond donors (Lipinski definition) is 1. The Kier molecular flexibility index (Phi) is 3.48. The predicted molar refractivity (Wildman–Crippen MR) is 31.8 cm³/mol. The van der Waals surface area contributed by atoms with Crippen molar-refractivity contribution in [2.24, 2.45) is 5.50 Å². The van der Waals surface area contributed by atoms with Crippen LogP contribution in [-0.2, 0) is 4.52 Å². The lowest BCUT2D eigenvalue weighted by Crippen LogP contribution is -2.10. The lowest BCUT2D eigenvalue weighted by molar-refractivity contribution is 0.418. The van der Waals surface area contributed by atoms with Gasteiger partial charge in [-0.2, -0.15) is 0 Å². The molecule has 0 aliphatic rings. The topological polar surface area (TPSA) is 38.5 Å². The second kappa shape index (κ2) is 3.33. The lowest BCUT2D eigenvalue weighted by Gasteiger charge is -2.14. The molecule has 0 saturated carbocycles. The normalized spacial score (nSPS) is 15.0. The maximum atomic E-state index is 5.38. The van der Waals surface area contributed by atoms with Gasteiger partial charge in [0, 0.05) is 7.11 Å². The largest absolute Gasteiger partial charge is 0.335 e. The van der Waals surface area contributed by atoms with Gasteiger partial charge in [0.05, 0.1) is 0 Å². The van der Waals surface area contributed by atoms with Crippen LogP contribution in [0.5, 0.6) is 0 Å². The highest BCUT2D eigenvalue weighted by Crippen LogP contribution is 2.26. The Morgan fingerprint density at radius 3 is 2.00 bits per heavy atom. The zero-order chi connectivity index (χ0) is 5.86. The molecule has 0 aromatic rings. The summed E-state index contributed by atoms with van der Waals surface area (Å²) in [7, 11) is 4.57. The van der Waals surface area contributed by atoms with Crippen molar-refractivity contribution < 1.29 is 4.52 Å². The fourth-order valence-electron chi connectivity index (χ4n) is 0.163. The van der Waals surface area contributed by atoms with Crippen LogP contribution in [0, 0.1) is 0 Å². The average Bonchev–Trinajstić information content (AvgIpc) is 1.65. The SMILES string of the molecule is COP(N)N(C)C. The second-order valence-corrected chi connectivity index (χ2v) is 3.10. The van der Waals surface area contributed by atoms with Crippen LogP contribution in [-0.4, -0.2) is 25.9 Å². The van der Waals surface area contributed by atoms with Gasteiger partial charge < -0.3 is 4.52 Å². The summed E-state index contributed by atoms with van der Waals surface area (Å²) in [4.78, 5) is 0. The van der Waals surface area contributed by atoms with Gasteiger partial charge >= 0.3 is 0 Å². The predicted octanol–water partition coefficient (Wildman–Crippen LogP) is 0.380. The van der Waals surface area contributed by atoms with Gasteiger partial charge in [-0.25, -0.2) is 0 Å². The van der Waals surface area contributed by atoms with Gasteiger partial charge in [-0.15, -0.1) is 0 Å². The third kappa shape index (κ3) is 2.94. The Morgan fingerprint density at radius 2 is 2.00 bits per heavy atom. The third-order valence-electron chi connectivity index (χ3n) is 0.581. The summed E-state index contributed by atoms with van der Waals surface area (Å²) >= 11 is 0. The molecule has 0 radical (unpaired) electrons. The molecule has 0 aromatic carbocycles. The van der Waals surface area contributed by atoms with Crippen LogP contribution < -0.4 is 5.50 Å². The Morgan fingerprint density at radius 1 is 1.57 bits per heavy atom. The molecule has 0 heterocycles. The molecule has 0 saturated heterocycles. The molecular weight excluding hydrogens is 111 g/mol. The summed E-state index contributed by atoms with van der Waals surface area (Å²) in [6, 6.07) is 0. The summed E-state index contributed by atoms with van der Waals surface area (Å²) in [6.07, 6.45) is 0. The standard InChI is InChI=1S/C3H11N2OP/c1-5(2)7(4)6-3/h4H2,1-3H3. The Labute approximate surface area is 45.4 Å². The summed E-state index contributed by atoms with van der Waals surface area (Å²) < 4.78 is 6.62. The van der Waals surface area contributed by atoms with Crippen LogP contribution in [0.2, 0.25) is 0 Å². The molecule has 1 atom stereocenters. The molecule has 0 amide bonds. The van der Waals surface area contributed by atoms with Gasteiger partial charge in [0.1, 0.15) is 0 Å². The maximum absolute atomic E-state index is 5.38. The number of rotatable bonds is 2. The fourth-order valence-corrected chi connectivity index (χ4v) is 0.490. The molecule has 4 heteroatoms. The van der Waals surface area contributed by atoms with Crippen molar-refractivity contribution in [2.45, 2.75) is 0 Å². The molecule has 1 unspecified atom stereocenters. The van der Waals surface area contributed by atoms with Crippen LogP contribution in [0.3, 0.4) is 0 Å². The van der Waals surface area contributed by atoms with Crippen molar-refractivity contribution in [2.75, 3.05) is 21.2 Å². The summed E-state index contributed by atoms with van der Waals surface area (Å²) in [6.45, 7) is 0. The molecular formula is C3H11N2OP. The molecule has 2 N–H and O–H groups in total. The first-order chi connectivity index (χ1) is 3.18. The van der Waals surface area contributed by atoms with Gasteiger partial charge in [-0.05, 0) is 14.1 Å². The van der Waals surface area contributed by atoms with E-state index in [4.69, 9.17) is 10.0 Å². The van der Waals surface area contributed by atoms with Crippen molar-refractivity contribution in [3.8, 4) is 0 Å². The highest BCUT2D eigenvalue weighted by atomic mass is 31.2.